The molecule has 6 nitrogen and oxygen atoms in total. The maximum atomic E-state index is 13.3. The average Bonchev–Trinajstić information content (AvgIpc) is 2.96. The normalized spacial score (nSPS) is 21.5. The second-order valence-corrected chi connectivity index (χ2v) is 7.85. The van der Waals surface area contributed by atoms with E-state index in [1.165, 1.54) is 0 Å². The first-order valence-electron chi connectivity index (χ1n) is 9.21. The zero-order chi connectivity index (χ0) is 18.3. The van der Waals surface area contributed by atoms with Gasteiger partial charge in [0.1, 0.15) is 0 Å². The molecular weight excluding hydrogens is 314 g/mol. The minimum Gasteiger partial charge on any atom is -0.336 e. The number of amides is 1. The van der Waals surface area contributed by atoms with Crippen LogP contribution in [0.1, 0.15) is 69.6 Å². The first-order valence-corrected chi connectivity index (χ1v) is 9.21. The number of piperazine rings is 1. The fourth-order valence-electron chi connectivity index (χ4n) is 3.55. The van der Waals surface area contributed by atoms with E-state index in [1.54, 1.807) is 6.20 Å². The summed E-state index contributed by atoms with van der Waals surface area (Å²) >= 11 is 0. The summed E-state index contributed by atoms with van der Waals surface area (Å²) < 4.78 is 1.90. The second kappa shape index (κ2) is 6.75. The van der Waals surface area contributed by atoms with Crippen molar-refractivity contribution in [1.29, 1.82) is 0 Å². The zero-order valence-electron chi connectivity index (χ0n) is 16.1. The summed E-state index contributed by atoms with van der Waals surface area (Å²) in [5.74, 6) is 0.338. The third kappa shape index (κ3) is 3.40. The maximum Gasteiger partial charge on any atom is 0.254 e. The number of rotatable bonds is 3. The molecule has 25 heavy (non-hydrogen) atoms. The number of carbonyl (C=O) groups excluding carboxylic acids is 1. The van der Waals surface area contributed by atoms with E-state index in [2.05, 4.69) is 52.0 Å². The van der Waals surface area contributed by atoms with Gasteiger partial charge in [-0.15, -0.1) is 0 Å². The molecule has 1 aliphatic heterocycles. The van der Waals surface area contributed by atoms with Crippen molar-refractivity contribution in [3.05, 3.63) is 23.5 Å². The van der Waals surface area contributed by atoms with Crippen LogP contribution in [0.4, 0.5) is 0 Å². The molecule has 6 heteroatoms. The van der Waals surface area contributed by atoms with Crippen molar-refractivity contribution in [3.8, 4) is 0 Å². The molecule has 1 amide bonds. The molecule has 2 aromatic rings. The van der Waals surface area contributed by atoms with E-state index < -0.39 is 0 Å². The Morgan fingerprint density at radius 1 is 1.20 bits per heavy atom. The number of hydrogen-bond donors (Lipinski definition) is 1. The topological polar surface area (TPSA) is 63.1 Å². The lowest BCUT2D eigenvalue weighted by molar-refractivity contribution is 0.0675. The Kier molecular flexibility index (Phi) is 4.82. The Morgan fingerprint density at radius 2 is 1.84 bits per heavy atom. The maximum absolute atomic E-state index is 13.3. The molecule has 2 atom stereocenters. The number of aromatic nitrogens is 3. The van der Waals surface area contributed by atoms with Gasteiger partial charge in [0.15, 0.2) is 5.65 Å². The molecule has 3 heterocycles. The van der Waals surface area contributed by atoms with Gasteiger partial charge < -0.3 is 10.2 Å². The van der Waals surface area contributed by atoms with E-state index in [-0.39, 0.29) is 17.9 Å². The zero-order valence-corrected chi connectivity index (χ0v) is 16.1. The number of pyridine rings is 1. The summed E-state index contributed by atoms with van der Waals surface area (Å²) in [6, 6.07) is 2.76. The van der Waals surface area contributed by atoms with Crippen LogP contribution >= 0.6 is 0 Å². The summed E-state index contributed by atoms with van der Waals surface area (Å²) in [4.78, 5) is 20.0. The Hall–Kier alpha value is -1.95. The van der Waals surface area contributed by atoms with Crippen LogP contribution in [-0.4, -0.2) is 50.7 Å². The van der Waals surface area contributed by atoms with Gasteiger partial charge in [-0.2, -0.15) is 5.10 Å². The fourth-order valence-corrected chi connectivity index (χ4v) is 3.55. The Labute approximate surface area is 149 Å². The molecule has 0 saturated carbocycles. The first kappa shape index (κ1) is 17.9. The van der Waals surface area contributed by atoms with Gasteiger partial charge in [0.2, 0.25) is 0 Å². The SMILES string of the molecule is CC(C)c1cc(C(=O)N2C[C@@H](C)N[C@H](C)C2)c2cnn(C(C)C)c2n1. The number of nitrogens with zero attached hydrogens (tertiary/aromatic N) is 4. The highest BCUT2D eigenvalue weighted by molar-refractivity contribution is 6.05. The highest BCUT2D eigenvalue weighted by Gasteiger charge is 2.28. The van der Waals surface area contributed by atoms with Crippen molar-refractivity contribution < 1.29 is 4.79 Å². The molecule has 1 saturated heterocycles. The Bertz CT molecular complexity index is 769. The predicted molar refractivity (Wildman–Crippen MR) is 100.0 cm³/mol. The van der Waals surface area contributed by atoms with Crippen LogP contribution in [0.5, 0.6) is 0 Å². The van der Waals surface area contributed by atoms with Gasteiger partial charge in [-0.25, -0.2) is 9.67 Å². The minimum atomic E-state index is 0.0813. The third-order valence-electron chi connectivity index (χ3n) is 4.74. The molecule has 3 rings (SSSR count). The quantitative estimate of drug-likeness (QED) is 0.931. The fraction of sp³-hybridized carbons (Fsp3) is 0.632. The van der Waals surface area contributed by atoms with Crippen molar-refractivity contribution in [1.82, 2.24) is 25.0 Å². The van der Waals surface area contributed by atoms with Crippen LogP contribution in [0.25, 0.3) is 11.0 Å². The van der Waals surface area contributed by atoms with Crippen molar-refractivity contribution >= 4 is 16.9 Å². The van der Waals surface area contributed by atoms with Crippen LogP contribution in [0.3, 0.4) is 0 Å². The smallest absolute Gasteiger partial charge is 0.254 e. The van der Waals surface area contributed by atoms with Gasteiger partial charge in [-0.3, -0.25) is 4.79 Å². The molecule has 1 fully saturated rings. The molecule has 136 valence electrons. The standard InChI is InChI=1S/C19H29N5O/c1-11(2)17-7-15(16-8-20-24(12(3)4)18(16)22-17)19(25)23-9-13(5)21-14(6)10-23/h7-8,11-14,21H,9-10H2,1-6H3/t13-,14-/m1/s1. The molecular formula is C19H29N5O. The molecule has 1 aliphatic rings. The molecule has 1 N–H and O–H groups in total. The number of hydrogen-bond acceptors (Lipinski definition) is 4. The van der Waals surface area contributed by atoms with Gasteiger partial charge in [-0.1, -0.05) is 13.8 Å². The van der Waals surface area contributed by atoms with Gasteiger partial charge >= 0.3 is 0 Å². The van der Waals surface area contributed by atoms with Gasteiger partial charge in [0, 0.05) is 36.9 Å². The van der Waals surface area contributed by atoms with Crippen molar-refractivity contribution in [3.63, 3.8) is 0 Å². The summed E-state index contributed by atoms with van der Waals surface area (Å²) in [6.45, 7) is 14.1. The van der Waals surface area contributed by atoms with E-state index in [9.17, 15) is 4.79 Å². The highest BCUT2D eigenvalue weighted by atomic mass is 16.2. The molecule has 2 aromatic heterocycles. The van der Waals surface area contributed by atoms with Crippen LogP contribution in [-0.2, 0) is 0 Å². The molecule has 0 bridgehead atoms. The van der Waals surface area contributed by atoms with Crippen LogP contribution < -0.4 is 5.32 Å². The lowest BCUT2D eigenvalue weighted by Crippen LogP contribution is -2.55. The van der Waals surface area contributed by atoms with Gasteiger partial charge in [0.05, 0.1) is 17.1 Å². The summed E-state index contributed by atoms with van der Waals surface area (Å²) in [7, 11) is 0. The lowest BCUT2D eigenvalue weighted by Gasteiger charge is -2.36. The van der Waals surface area contributed by atoms with E-state index in [0.717, 1.165) is 35.4 Å². The highest BCUT2D eigenvalue weighted by Crippen LogP contribution is 2.26. The number of nitrogens with one attached hydrogen (secondary N) is 1. The largest absolute Gasteiger partial charge is 0.336 e. The molecule has 0 radical (unpaired) electrons. The van der Waals surface area contributed by atoms with E-state index >= 15 is 0 Å². The van der Waals surface area contributed by atoms with Crippen LogP contribution in [0.15, 0.2) is 12.3 Å². The summed E-state index contributed by atoms with van der Waals surface area (Å²) in [6.07, 6.45) is 1.79. The summed E-state index contributed by atoms with van der Waals surface area (Å²) in [5, 5.41) is 8.81. The predicted octanol–water partition coefficient (Wildman–Crippen LogP) is 2.96. The molecule has 0 aromatic carbocycles. The van der Waals surface area contributed by atoms with Crippen molar-refractivity contribution in [2.24, 2.45) is 0 Å². The monoisotopic (exact) mass is 343 g/mol. The Balaban J connectivity index is 2.09. The van der Waals surface area contributed by atoms with E-state index in [4.69, 9.17) is 4.98 Å². The number of carbonyl (C=O) groups is 1. The van der Waals surface area contributed by atoms with E-state index in [1.807, 2.05) is 15.6 Å². The molecule has 0 spiro atoms. The summed E-state index contributed by atoms with van der Waals surface area (Å²) in [5.41, 5.74) is 2.47. The average molecular weight is 343 g/mol. The number of fused-ring (bicyclic) bond motifs is 1. The Morgan fingerprint density at radius 3 is 2.40 bits per heavy atom. The second-order valence-electron chi connectivity index (χ2n) is 7.85. The third-order valence-corrected chi connectivity index (χ3v) is 4.74. The van der Waals surface area contributed by atoms with Gasteiger partial charge in [-0.05, 0) is 39.7 Å². The van der Waals surface area contributed by atoms with E-state index in [0.29, 0.717) is 12.1 Å². The van der Waals surface area contributed by atoms with Gasteiger partial charge in [0.25, 0.3) is 5.91 Å². The van der Waals surface area contributed by atoms with Crippen LogP contribution in [0, 0.1) is 0 Å². The lowest BCUT2D eigenvalue weighted by atomic mass is 10.0. The first-order chi connectivity index (χ1) is 11.8. The van der Waals surface area contributed by atoms with Crippen LogP contribution in [0.2, 0.25) is 0 Å². The molecule has 0 aliphatic carbocycles. The van der Waals surface area contributed by atoms with Crippen molar-refractivity contribution in [2.45, 2.75) is 65.6 Å². The molecule has 0 unspecified atom stereocenters. The van der Waals surface area contributed by atoms with Crippen molar-refractivity contribution in [2.75, 3.05) is 13.1 Å². The minimum absolute atomic E-state index is 0.0813.